The number of para-hydroxylation sites is 1. The zero-order chi connectivity index (χ0) is 23.2. The zero-order valence-corrected chi connectivity index (χ0v) is 18.5. The monoisotopic (exact) mass is 449 g/mol. The largest absolute Gasteiger partial charge is 0.376 e. The number of hydrogen-bond acceptors (Lipinski definition) is 5. The second-order valence-corrected chi connectivity index (χ2v) is 8.31. The van der Waals surface area contributed by atoms with Gasteiger partial charge in [-0.05, 0) is 35.9 Å². The zero-order valence-electron chi connectivity index (χ0n) is 18.5. The second kappa shape index (κ2) is 7.77. The lowest BCUT2D eigenvalue weighted by atomic mass is 10.0. The summed E-state index contributed by atoms with van der Waals surface area (Å²) in [7, 11) is 3.95. The summed E-state index contributed by atoms with van der Waals surface area (Å²) < 4.78 is 13.8. The van der Waals surface area contributed by atoms with Gasteiger partial charge in [-0.1, -0.05) is 24.3 Å². The molecule has 4 heterocycles. The van der Waals surface area contributed by atoms with E-state index in [2.05, 4.69) is 25.1 Å². The highest BCUT2D eigenvalue weighted by Crippen LogP contribution is 2.33. The average molecular weight is 449 g/mol. The van der Waals surface area contributed by atoms with Gasteiger partial charge in [-0.25, -0.2) is 9.37 Å². The Kier molecular flexibility index (Phi) is 4.58. The molecule has 7 nitrogen and oxygen atoms in total. The van der Waals surface area contributed by atoms with Crippen molar-refractivity contribution in [1.82, 2.24) is 30.1 Å². The molecule has 4 aromatic heterocycles. The van der Waals surface area contributed by atoms with Crippen molar-refractivity contribution in [1.29, 1.82) is 0 Å². The summed E-state index contributed by atoms with van der Waals surface area (Å²) in [5.74, 6) is 0.346. The van der Waals surface area contributed by atoms with Gasteiger partial charge in [0.2, 0.25) is 0 Å². The molecule has 0 bridgehead atoms. The van der Waals surface area contributed by atoms with E-state index in [1.54, 1.807) is 18.5 Å². The molecule has 0 aliphatic carbocycles. The molecule has 0 saturated carbocycles. The van der Waals surface area contributed by atoms with Crippen LogP contribution in [0.5, 0.6) is 0 Å². The van der Waals surface area contributed by atoms with Gasteiger partial charge in [0, 0.05) is 36.8 Å². The molecule has 0 aliphatic heterocycles. The number of aromatic nitrogens is 6. The van der Waals surface area contributed by atoms with Crippen molar-refractivity contribution in [2.24, 2.45) is 0 Å². The van der Waals surface area contributed by atoms with E-state index in [1.807, 2.05) is 61.6 Å². The van der Waals surface area contributed by atoms with Crippen LogP contribution in [0.25, 0.3) is 55.8 Å². The minimum atomic E-state index is -0.281. The van der Waals surface area contributed by atoms with Crippen LogP contribution in [0.2, 0.25) is 0 Å². The molecule has 0 spiro atoms. The van der Waals surface area contributed by atoms with E-state index in [1.165, 1.54) is 12.1 Å². The molecule has 6 rings (SSSR count). The highest BCUT2D eigenvalue weighted by molar-refractivity contribution is 5.97. The molecule has 0 aliphatic rings. The molecule has 0 unspecified atom stereocenters. The summed E-state index contributed by atoms with van der Waals surface area (Å²) in [4.78, 5) is 19.2. The predicted molar refractivity (Wildman–Crippen MR) is 132 cm³/mol. The van der Waals surface area contributed by atoms with Gasteiger partial charge in [0.05, 0.1) is 40.3 Å². The number of imidazole rings is 1. The van der Waals surface area contributed by atoms with Gasteiger partial charge in [0.1, 0.15) is 11.5 Å². The van der Waals surface area contributed by atoms with Gasteiger partial charge < -0.3 is 9.88 Å². The Bertz CT molecular complexity index is 1670. The number of hydrogen-bond donors (Lipinski definition) is 2. The molecule has 2 N–H and O–H groups in total. The van der Waals surface area contributed by atoms with E-state index in [9.17, 15) is 4.39 Å². The van der Waals surface area contributed by atoms with Crippen LogP contribution in [0.15, 0.2) is 73.2 Å². The van der Waals surface area contributed by atoms with Crippen LogP contribution >= 0.6 is 0 Å². The molecule has 2 aromatic carbocycles. The van der Waals surface area contributed by atoms with Crippen molar-refractivity contribution < 1.29 is 4.39 Å². The molecule has 0 radical (unpaired) electrons. The standard InChI is InChI=1S/C26H20FN7/c1-34(2)18-10-16(12-28-13-18)22-11-20-23(14-29-22)32-33-25(20)26-30-21-8-4-7-19(24(21)31-26)15-5-3-6-17(27)9-15/h3-14H,1-2H3,(H,30,31)(H,32,33). The first-order valence-electron chi connectivity index (χ1n) is 10.8. The Morgan fingerprint density at radius 3 is 2.62 bits per heavy atom. The van der Waals surface area contributed by atoms with Gasteiger partial charge in [0.15, 0.2) is 5.82 Å². The Morgan fingerprint density at radius 2 is 1.76 bits per heavy atom. The Morgan fingerprint density at radius 1 is 0.882 bits per heavy atom. The lowest BCUT2D eigenvalue weighted by Gasteiger charge is -2.12. The number of H-pyrrole nitrogens is 2. The number of fused-ring (bicyclic) bond motifs is 2. The predicted octanol–water partition coefficient (Wildman–Crippen LogP) is 5.44. The SMILES string of the molecule is CN(C)c1cncc(-c2cc3c(-c4nc5c(-c6cccc(F)c6)cccc5[nH]4)n[nH]c3cn2)c1. The van der Waals surface area contributed by atoms with Crippen LogP contribution in [0.3, 0.4) is 0 Å². The number of benzene rings is 2. The first-order chi connectivity index (χ1) is 16.6. The molecule has 0 amide bonds. The molecule has 6 aromatic rings. The van der Waals surface area contributed by atoms with E-state index in [-0.39, 0.29) is 5.82 Å². The van der Waals surface area contributed by atoms with Crippen molar-refractivity contribution in [2.45, 2.75) is 0 Å². The number of aromatic amines is 2. The molecule has 0 atom stereocenters. The van der Waals surface area contributed by atoms with E-state index < -0.39 is 0 Å². The number of halogens is 1. The maximum absolute atomic E-state index is 13.8. The highest BCUT2D eigenvalue weighted by Gasteiger charge is 2.16. The molecular weight excluding hydrogens is 429 g/mol. The summed E-state index contributed by atoms with van der Waals surface area (Å²) in [5.41, 5.74) is 7.44. The van der Waals surface area contributed by atoms with Crippen molar-refractivity contribution in [3.8, 4) is 33.9 Å². The fraction of sp³-hybridized carbons (Fsp3) is 0.0769. The highest BCUT2D eigenvalue weighted by atomic mass is 19.1. The summed E-state index contributed by atoms with van der Waals surface area (Å²) in [6.45, 7) is 0. The van der Waals surface area contributed by atoms with Crippen LogP contribution in [0, 0.1) is 5.82 Å². The quantitative estimate of drug-likeness (QED) is 0.375. The molecule has 8 heteroatoms. The third-order valence-electron chi connectivity index (χ3n) is 5.86. The minimum Gasteiger partial charge on any atom is -0.376 e. The third-order valence-corrected chi connectivity index (χ3v) is 5.86. The van der Waals surface area contributed by atoms with Crippen LogP contribution in [-0.4, -0.2) is 44.2 Å². The van der Waals surface area contributed by atoms with Crippen molar-refractivity contribution in [3.63, 3.8) is 0 Å². The van der Waals surface area contributed by atoms with Gasteiger partial charge in [-0.2, -0.15) is 5.10 Å². The van der Waals surface area contributed by atoms with Crippen molar-refractivity contribution in [2.75, 3.05) is 19.0 Å². The lowest BCUT2D eigenvalue weighted by Crippen LogP contribution is -2.08. The Labute approximate surface area is 194 Å². The number of nitrogens with one attached hydrogen (secondary N) is 2. The fourth-order valence-electron chi connectivity index (χ4n) is 4.10. The smallest absolute Gasteiger partial charge is 0.159 e. The number of anilines is 1. The Balaban J connectivity index is 1.48. The summed E-state index contributed by atoms with van der Waals surface area (Å²) >= 11 is 0. The minimum absolute atomic E-state index is 0.281. The summed E-state index contributed by atoms with van der Waals surface area (Å²) in [6.07, 6.45) is 5.38. The van der Waals surface area contributed by atoms with Crippen molar-refractivity contribution >= 4 is 27.6 Å². The summed E-state index contributed by atoms with van der Waals surface area (Å²) in [6, 6.07) is 16.4. The first kappa shape index (κ1) is 20.0. The van der Waals surface area contributed by atoms with Gasteiger partial charge >= 0.3 is 0 Å². The van der Waals surface area contributed by atoms with E-state index in [0.717, 1.165) is 50.0 Å². The van der Waals surface area contributed by atoms with E-state index in [4.69, 9.17) is 4.98 Å². The maximum Gasteiger partial charge on any atom is 0.159 e. The van der Waals surface area contributed by atoms with Crippen LogP contribution in [0.4, 0.5) is 10.1 Å². The second-order valence-electron chi connectivity index (χ2n) is 8.31. The third kappa shape index (κ3) is 3.36. The lowest BCUT2D eigenvalue weighted by molar-refractivity contribution is 0.628. The Hall–Kier alpha value is -4.59. The molecule has 166 valence electrons. The van der Waals surface area contributed by atoms with Crippen LogP contribution in [0.1, 0.15) is 0 Å². The first-order valence-corrected chi connectivity index (χ1v) is 10.8. The number of nitrogens with zero attached hydrogens (tertiary/aromatic N) is 5. The molecule has 0 saturated heterocycles. The number of pyridine rings is 2. The van der Waals surface area contributed by atoms with Crippen molar-refractivity contribution in [3.05, 3.63) is 79.0 Å². The molecule has 0 fully saturated rings. The maximum atomic E-state index is 13.8. The van der Waals surface area contributed by atoms with E-state index in [0.29, 0.717) is 11.5 Å². The van der Waals surface area contributed by atoms with E-state index >= 15 is 0 Å². The van der Waals surface area contributed by atoms with Crippen LogP contribution < -0.4 is 4.90 Å². The van der Waals surface area contributed by atoms with Crippen LogP contribution in [-0.2, 0) is 0 Å². The van der Waals surface area contributed by atoms with Gasteiger partial charge in [-0.15, -0.1) is 0 Å². The van der Waals surface area contributed by atoms with Gasteiger partial charge in [-0.3, -0.25) is 15.1 Å². The molecular formula is C26H20FN7. The summed E-state index contributed by atoms with van der Waals surface area (Å²) in [5, 5.41) is 8.46. The average Bonchev–Trinajstić information content (AvgIpc) is 3.47. The number of rotatable bonds is 4. The topological polar surface area (TPSA) is 86.4 Å². The molecule has 34 heavy (non-hydrogen) atoms. The fourth-order valence-corrected chi connectivity index (χ4v) is 4.10. The normalized spacial score (nSPS) is 11.4. The van der Waals surface area contributed by atoms with Gasteiger partial charge in [0.25, 0.3) is 0 Å².